The maximum atomic E-state index is 2.23. The molecular weight excluding hydrogens is 180 g/mol. The Bertz CT molecular complexity index is 246. The van der Waals surface area contributed by atoms with Gasteiger partial charge in [-0.25, -0.2) is 0 Å². The summed E-state index contributed by atoms with van der Waals surface area (Å²) in [5, 5.41) is 0. The van der Waals surface area contributed by atoms with Gasteiger partial charge in [0, 0.05) is 0 Å². The summed E-state index contributed by atoms with van der Waals surface area (Å²) in [4.78, 5) is 0. The second-order valence-electron chi connectivity index (χ2n) is 5.12. The van der Waals surface area contributed by atoms with Gasteiger partial charge >= 0.3 is 0 Å². The predicted octanol–water partition coefficient (Wildman–Crippen LogP) is 5.10. The van der Waals surface area contributed by atoms with Crippen molar-refractivity contribution in [2.45, 2.75) is 59.8 Å². The van der Waals surface area contributed by atoms with Gasteiger partial charge in [-0.15, -0.1) is 0 Å². The highest BCUT2D eigenvalue weighted by Gasteiger charge is 2.11. The first kappa shape index (κ1) is 14.2. The fourth-order valence-corrected chi connectivity index (χ4v) is 1.05. The Morgan fingerprint density at radius 2 is 1.27 bits per heavy atom. The molecule has 0 fully saturated rings. The van der Waals surface area contributed by atoms with Gasteiger partial charge in [0.15, 0.2) is 0 Å². The van der Waals surface area contributed by atoms with Gasteiger partial charge in [-0.1, -0.05) is 77.3 Å². The van der Waals surface area contributed by atoms with Crippen LogP contribution in [-0.4, -0.2) is 0 Å². The summed E-state index contributed by atoms with van der Waals surface area (Å²) in [6.07, 6.45) is 2.64. The molecule has 1 aromatic rings. The molecule has 0 heterocycles. The minimum Gasteiger partial charge on any atom is -0.0654 e. The molecule has 0 saturated heterocycles. The maximum absolute atomic E-state index is 2.23. The smallest absolute Gasteiger partial charge is 0.0132 e. The lowest BCUT2D eigenvalue weighted by molar-refractivity contribution is 0.590. The SMILES string of the molecule is CCCC.Cc1ccc(C(C)(C)C)cc1. The van der Waals surface area contributed by atoms with E-state index in [2.05, 4.69) is 65.8 Å². The van der Waals surface area contributed by atoms with Crippen molar-refractivity contribution in [2.75, 3.05) is 0 Å². The average molecular weight is 206 g/mol. The molecule has 86 valence electrons. The van der Waals surface area contributed by atoms with Crippen LogP contribution in [-0.2, 0) is 5.41 Å². The van der Waals surface area contributed by atoms with E-state index in [0.717, 1.165) is 0 Å². The van der Waals surface area contributed by atoms with E-state index in [4.69, 9.17) is 0 Å². The van der Waals surface area contributed by atoms with Crippen LogP contribution in [0.5, 0.6) is 0 Å². The molecule has 0 saturated carbocycles. The fourth-order valence-electron chi connectivity index (χ4n) is 1.05. The highest BCUT2D eigenvalue weighted by Crippen LogP contribution is 2.21. The quantitative estimate of drug-likeness (QED) is 0.599. The van der Waals surface area contributed by atoms with E-state index in [1.54, 1.807) is 0 Å². The summed E-state index contributed by atoms with van der Waals surface area (Å²) >= 11 is 0. The number of rotatable bonds is 1. The van der Waals surface area contributed by atoms with Crippen molar-refractivity contribution in [3.8, 4) is 0 Å². The zero-order valence-electron chi connectivity index (χ0n) is 11.2. The maximum Gasteiger partial charge on any atom is -0.0132 e. The minimum atomic E-state index is 0.285. The second-order valence-corrected chi connectivity index (χ2v) is 5.12. The Morgan fingerprint density at radius 1 is 0.867 bits per heavy atom. The van der Waals surface area contributed by atoms with Crippen molar-refractivity contribution >= 4 is 0 Å². The van der Waals surface area contributed by atoms with Gasteiger partial charge in [0.1, 0.15) is 0 Å². The van der Waals surface area contributed by atoms with Crippen LogP contribution in [0.25, 0.3) is 0 Å². The third-order valence-corrected chi connectivity index (χ3v) is 2.42. The third-order valence-electron chi connectivity index (χ3n) is 2.42. The standard InChI is InChI=1S/C11H16.C4H10/c1-9-5-7-10(8-6-9)11(2,3)4;1-3-4-2/h5-8H,1-4H3;3-4H2,1-2H3. The molecule has 0 atom stereocenters. The van der Waals surface area contributed by atoms with Gasteiger partial charge < -0.3 is 0 Å². The first-order valence-corrected chi connectivity index (χ1v) is 5.99. The molecule has 0 N–H and O–H groups in total. The molecule has 0 unspecified atom stereocenters. The third kappa shape index (κ3) is 6.33. The lowest BCUT2D eigenvalue weighted by Crippen LogP contribution is -2.10. The minimum absolute atomic E-state index is 0.285. The van der Waals surface area contributed by atoms with Gasteiger partial charge in [0.05, 0.1) is 0 Å². The molecule has 0 nitrogen and oxygen atoms in total. The fraction of sp³-hybridized carbons (Fsp3) is 0.600. The Labute approximate surface area is 95.7 Å². The average Bonchev–Trinajstić information content (AvgIpc) is 2.17. The lowest BCUT2D eigenvalue weighted by Gasteiger charge is -2.18. The molecular formula is C15H26. The van der Waals surface area contributed by atoms with Crippen LogP contribution in [0.2, 0.25) is 0 Å². The molecule has 1 rings (SSSR count). The molecule has 0 aliphatic heterocycles. The summed E-state index contributed by atoms with van der Waals surface area (Å²) in [5.41, 5.74) is 3.02. The normalized spacial score (nSPS) is 10.5. The lowest BCUT2D eigenvalue weighted by atomic mass is 9.87. The van der Waals surface area contributed by atoms with Crippen molar-refractivity contribution < 1.29 is 0 Å². The van der Waals surface area contributed by atoms with Crippen LogP contribution in [0.1, 0.15) is 58.6 Å². The Hall–Kier alpha value is -0.780. The van der Waals surface area contributed by atoms with Gasteiger partial charge in [-0.3, -0.25) is 0 Å². The zero-order valence-corrected chi connectivity index (χ0v) is 11.2. The van der Waals surface area contributed by atoms with E-state index in [1.165, 1.54) is 24.0 Å². The number of aryl methyl sites for hydroxylation is 1. The molecule has 0 bridgehead atoms. The van der Waals surface area contributed by atoms with Gasteiger partial charge in [-0.2, -0.15) is 0 Å². The molecule has 0 spiro atoms. The van der Waals surface area contributed by atoms with E-state index in [9.17, 15) is 0 Å². The van der Waals surface area contributed by atoms with Crippen LogP contribution < -0.4 is 0 Å². The predicted molar refractivity (Wildman–Crippen MR) is 70.5 cm³/mol. The summed E-state index contributed by atoms with van der Waals surface area (Å²) in [5.74, 6) is 0. The summed E-state index contributed by atoms with van der Waals surface area (Å²) in [6.45, 7) is 13.2. The van der Waals surface area contributed by atoms with Crippen molar-refractivity contribution in [1.29, 1.82) is 0 Å². The molecule has 0 radical (unpaired) electrons. The van der Waals surface area contributed by atoms with Gasteiger partial charge in [0.25, 0.3) is 0 Å². The number of hydrogen-bond acceptors (Lipinski definition) is 0. The monoisotopic (exact) mass is 206 g/mol. The van der Waals surface area contributed by atoms with Gasteiger partial charge in [0.2, 0.25) is 0 Å². The summed E-state index contributed by atoms with van der Waals surface area (Å²) < 4.78 is 0. The first-order valence-electron chi connectivity index (χ1n) is 5.99. The Kier molecular flexibility index (Phi) is 6.31. The summed E-state index contributed by atoms with van der Waals surface area (Å²) in [6, 6.07) is 8.74. The largest absolute Gasteiger partial charge is 0.0654 e. The number of hydrogen-bond donors (Lipinski definition) is 0. The molecule has 0 amide bonds. The molecule has 15 heavy (non-hydrogen) atoms. The van der Waals surface area contributed by atoms with Crippen LogP contribution >= 0.6 is 0 Å². The van der Waals surface area contributed by atoms with Crippen molar-refractivity contribution in [1.82, 2.24) is 0 Å². The van der Waals surface area contributed by atoms with E-state index < -0.39 is 0 Å². The zero-order chi connectivity index (χ0) is 11.9. The van der Waals surface area contributed by atoms with Crippen molar-refractivity contribution in [3.05, 3.63) is 35.4 Å². The topological polar surface area (TPSA) is 0 Å². The van der Waals surface area contributed by atoms with Crippen molar-refractivity contribution in [2.24, 2.45) is 0 Å². The number of unbranched alkanes of at least 4 members (excludes halogenated alkanes) is 1. The van der Waals surface area contributed by atoms with E-state index in [0.29, 0.717) is 0 Å². The van der Waals surface area contributed by atoms with Gasteiger partial charge in [-0.05, 0) is 17.9 Å². The van der Waals surface area contributed by atoms with Crippen LogP contribution in [0.15, 0.2) is 24.3 Å². The molecule has 1 aromatic carbocycles. The van der Waals surface area contributed by atoms with E-state index >= 15 is 0 Å². The second kappa shape index (κ2) is 6.66. The Balaban J connectivity index is 0.000000423. The van der Waals surface area contributed by atoms with E-state index in [-0.39, 0.29) is 5.41 Å². The van der Waals surface area contributed by atoms with Crippen LogP contribution in [0.4, 0.5) is 0 Å². The highest BCUT2D eigenvalue weighted by atomic mass is 14.2. The first-order chi connectivity index (χ1) is 6.91. The Morgan fingerprint density at radius 3 is 1.53 bits per heavy atom. The molecule has 0 aromatic heterocycles. The van der Waals surface area contributed by atoms with Crippen LogP contribution in [0.3, 0.4) is 0 Å². The molecule has 0 heteroatoms. The molecule has 0 aliphatic rings. The number of benzene rings is 1. The highest BCUT2D eigenvalue weighted by molar-refractivity contribution is 5.26. The van der Waals surface area contributed by atoms with Crippen LogP contribution in [0, 0.1) is 6.92 Å². The molecule has 0 aliphatic carbocycles. The van der Waals surface area contributed by atoms with E-state index in [1.807, 2.05) is 0 Å². The van der Waals surface area contributed by atoms with Crippen molar-refractivity contribution in [3.63, 3.8) is 0 Å². The summed E-state index contributed by atoms with van der Waals surface area (Å²) in [7, 11) is 0.